The van der Waals surface area contributed by atoms with E-state index < -0.39 is 0 Å². The molecule has 0 aliphatic carbocycles. The molecule has 0 radical (unpaired) electrons. The van der Waals surface area contributed by atoms with Crippen molar-refractivity contribution in [3.63, 3.8) is 0 Å². The fourth-order valence-corrected chi connectivity index (χ4v) is 7.61. The summed E-state index contributed by atoms with van der Waals surface area (Å²) in [4.78, 5) is 14.8. The summed E-state index contributed by atoms with van der Waals surface area (Å²) in [6, 6.07) is 56.0. The first-order valence-corrected chi connectivity index (χ1v) is 17.6. The van der Waals surface area contributed by atoms with Crippen LogP contribution < -0.4 is 0 Å². The second-order valence-electron chi connectivity index (χ2n) is 13.2. The van der Waals surface area contributed by atoms with Crippen LogP contribution in [-0.4, -0.2) is 18.4 Å². The monoisotopic (exact) mass is 681 g/mol. The predicted octanol–water partition coefficient (Wildman–Crippen LogP) is 12.6. The number of hydrogen-bond donors (Lipinski definition) is 0. The van der Waals surface area contributed by atoms with Gasteiger partial charge in [-0.25, -0.2) is 9.98 Å². The molecule has 0 aliphatic heterocycles. The second-order valence-corrected chi connectivity index (χ2v) is 13.2. The van der Waals surface area contributed by atoms with Crippen LogP contribution in [0.25, 0.3) is 76.5 Å². The third kappa shape index (κ3) is 5.21. The minimum absolute atomic E-state index is 0.425. The smallest absolute Gasteiger partial charge is 0.161 e. The largest absolute Gasteiger partial charge is 0.456 e. The van der Waals surface area contributed by atoms with Gasteiger partial charge in [0.1, 0.15) is 22.3 Å². The normalized spacial score (nSPS) is 12.5. The number of aliphatic imine (C=N–C) groups is 3. The highest BCUT2D eigenvalue weighted by Gasteiger charge is 2.22. The van der Waals surface area contributed by atoms with Gasteiger partial charge in [-0.1, -0.05) is 133 Å². The zero-order chi connectivity index (χ0) is 35.3. The molecule has 0 spiro atoms. The van der Waals surface area contributed by atoms with Gasteiger partial charge in [0.25, 0.3) is 0 Å². The van der Waals surface area contributed by atoms with Crippen molar-refractivity contribution in [1.29, 1.82) is 0 Å². The molecule has 10 rings (SSSR count). The van der Waals surface area contributed by atoms with Crippen molar-refractivity contribution >= 4 is 83.8 Å². The lowest BCUT2D eigenvalue weighted by Gasteiger charge is -2.11. The van der Waals surface area contributed by atoms with Crippen molar-refractivity contribution in [1.82, 2.24) is 0 Å². The van der Waals surface area contributed by atoms with Gasteiger partial charge in [0.2, 0.25) is 0 Å². The van der Waals surface area contributed by atoms with E-state index in [0.29, 0.717) is 18.2 Å². The molecule has 0 aliphatic rings. The first-order chi connectivity index (χ1) is 26.2. The molecule has 2 heterocycles. The van der Waals surface area contributed by atoms with E-state index in [1.54, 1.807) is 0 Å². The molecule has 8 aromatic carbocycles. The molecule has 0 bridgehead atoms. The summed E-state index contributed by atoms with van der Waals surface area (Å²) in [5.74, 6) is 1.04. The molecule has 0 amide bonds. The number of para-hydroxylation sites is 1. The van der Waals surface area contributed by atoms with E-state index in [0.717, 1.165) is 82.5 Å². The third-order valence-electron chi connectivity index (χ3n) is 10.0. The van der Waals surface area contributed by atoms with Crippen LogP contribution in [0.4, 0.5) is 0 Å². The maximum absolute atomic E-state index is 6.64. The average Bonchev–Trinajstić information content (AvgIpc) is 3.81. The average molecular weight is 682 g/mol. The first kappa shape index (κ1) is 30.7. The summed E-state index contributed by atoms with van der Waals surface area (Å²) < 4.78 is 13.2. The Morgan fingerprint density at radius 3 is 2.04 bits per heavy atom. The molecule has 5 heteroatoms. The summed E-state index contributed by atoms with van der Waals surface area (Å²) in [7, 11) is 0. The van der Waals surface area contributed by atoms with Crippen LogP contribution >= 0.6 is 0 Å². The van der Waals surface area contributed by atoms with Crippen molar-refractivity contribution in [3.8, 4) is 11.1 Å². The molecule has 53 heavy (non-hydrogen) atoms. The van der Waals surface area contributed by atoms with Crippen molar-refractivity contribution in [2.75, 3.05) is 0 Å². The highest BCUT2D eigenvalue weighted by molar-refractivity contribution is 6.27. The summed E-state index contributed by atoms with van der Waals surface area (Å²) >= 11 is 0. The van der Waals surface area contributed by atoms with Crippen LogP contribution in [0.2, 0.25) is 0 Å². The molecular weight excluding hydrogens is 651 g/mol. The fourth-order valence-electron chi connectivity index (χ4n) is 7.61. The molecular formula is C48H31N3O2. The zero-order valence-electron chi connectivity index (χ0n) is 28.7. The Morgan fingerprint density at radius 2 is 1.19 bits per heavy atom. The van der Waals surface area contributed by atoms with E-state index in [1.165, 1.54) is 10.8 Å². The quantitative estimate of drug-likeness (QED) is 0.134. The van der Waals surface area contributed by atoms with E-state index in [1.807, 2.05) is 60.7 Å². The SMILES string of the molecule is C=N/C(=N\C(=N/Cc1ccc2ccccc2c1)c1cccc2oc3cccc(-c4cc5ccccc5c5oc6ccccc6c45)c3c12)c1ccccc1. The highest BCUT2D eigenvalue weighted by Crippen LogP contribution is 2.45. The van der Waals surface area contributed by atoms with Gasteiger partial charge in [0, 0.05) is 38.1 Å². The van der Waals surface area contributed by atoms with Gasteiger partial charge in [0.15, 0.2) is 11.7 Å². The minimum Gasteiger partial charge on any atom is -0.456 e. The maximum Gasteiger partial charge on any atom is 0.161 e. The van der Waals surface area contributed by atoms with Gasteiger partial charge < -0.3 is 8.83 Å². The molecule has 5 nitrogen and oxygen atoms in total. The lowest BCUT2D eigenvalue weighted by Crippen LogP contribution is -2.06. The Kier molecular flexibility index (Phi) is 7.29. The Balaban J connectivity index is 1.25. The molecule has 0 N–H and O–H groups in total. The van der Waals surface area contributed by atoms with Gasteiger partial charge in [-0.2, -0.15) is 0 Å². The van der Waals surface area contributed by atoms with Crippen LogP contribution in [0.5, 0.6) is 0 Å². The van der Waals surface area contributed by atoms with Crippen LogP contribution in [0.1, 0.15) is 16.7 Å². The molecule has 0 saturated carbocycles. The lowest BCUT2D eigenvalue weighted by molar-refractivity contribution is 0.669. The topological polar surface area (TPSA) is 63.4 Å². The van der Waals surface area contributed by atoms with Crippen LogP contribution in [0, 0.1) is 0 Å². The Morgan fingerprint density at radius 1 is 0.491 bits per heavy atom. The summed E-state index contributed by atoms with van der Waals surface area (Å²) in [6.07, 6.45) is 0. The molecule has 0 unspecified atom stereocenters. The molecule has 0 fully saturated rings. The van der Waals surface area contributed by atoms with Crippen molar-refractivity contribution in [2.24, 2.45) is 15.0 Å². The van der Waals surface area contributed by atoms with Crippen molar-refractivity contribution in [2.45, 2.75) is 6.54 Å². The summed E-state index contributed by atoms with van der Waals surface area (Å²) in [5.41, 5.74) is 8.16. The fraction of sp³-hybridized carbons (Fsp3) is 0.0208. The molecule has 10 aromatic rings. The highest BCUT2D eigenvalue weighted by atomic mass is 16.3. The van der Waals surface area contributed by atoms with Gasteiger partial charge in [-0.3, -0.25) is 4.99 Å². The zero-order valence-corrected chi connectivity index (χ0v) is 28.7. The standard InChI is InChI=1S/C48H31N3O2/c1-49-47(32-14-3-2-4-15-32)51-48(50-29-30-25-26-31-13-5-6-16-33(31)27-30)38-21-12-24-42-45(38)44-36(20-11-23-41(44)52-42)39-28-34-17-7-8-18-35(34)46-43(39)37-19-9-10-22-40(37)53-46/h2-28H,1,29H2/b50-48-,51-47-. The number of hydrogen-bond acceptors (Lipinski definition) is 3. The van der Waals surface area contributed by atoms with Gasteiger partial charge in [-0.15, -0.1) is 0 Å². The molecule has 0 saturated heterocycles. The number of furan rings is 2. The number of benzene rings is 8. The summed E-state index contributed by atoms with van der Waals surface area (Å²) in [6.45, 7) is 4.33. The van der Waals surface area contributed by atoms with Gasteiger partial charge >= 0.3 is 0 Å². The van der Waals surface area contributed by atoms with E-state index in [9.17, 15) is 0 Å². The molecule has 0 atom stereocenters. The Bertz CT molecular complexity index is 3110. The van der Waals surface area contributed by atoms with E-state index >= 15 is 0 Å². The lowest BCUT2D eigenvalue weighted by atomic mass is 9.92. The van der Waals surface area contributed by atoms with Crippen LogP contribution in [-0.2, 0) is 6.54 Å². The van der Waals surface area contributed by atoms with Crippen LogP contribution in [0.15, 0.2) is 188 Å². The first-order valence-electron chi connectivity index (χ1n) is 17.6. The Hall–Kier alpha value is -7.11. The van der Waals surface area contributed by atoms with Crippen LogP contribution in [0.3, 0.4) is 0 Å². The van der Waals surface area contributed by atoms with E-state index in [-0.39, 0.29) is 0 Å². The van der Waals surface area contributed by atoms with Crippen molar-refractivity contribution < 1.29 is 8.83 Å². The van der Waals surface area contributed by atoms with E-state index in [2.05, 4.69) is 115 Å². The number of amidine groups is 2. The second kappa shape index (κ2) is 12.6. The molecule has 2 aromatic heterocycles. The van der Waals surface area contributed by atoms with Gasteiger partial charge in [-0.05, 0) is 69.9 Å². The molecule has 250 valence electrons. The number of nitrogens with zero attached hydrogens (tertiary/aromatic N) is 3. The number of rotatable bonds is 5. The van der Waals surface area contributed by atoms with Gasteiger partial charge in [0.05, 0.1) is 6.54 Å². The Labute approximate surface area is 304 Å². The third-order valence-corrected chi connectivity index (χ3v) is 10.0. The van der Waals surface area contributed by atoms with E-state index in [4.69, 9.17) is 18.8 Å². The predicted molar refractivity (Wildman–Crippen MR) is 221 cm³/mol. The summed E-state index contributed by atoms with van der Waals surface area (Å²) in [5, 5.41) is 8.61. The van der Waals surface area contributed by atoms with Crippen molar-refractivity contribution in [3.05, 3.63) is 180 Å². The number of fused-ring (bicyclic) bond motifs is 9. The minimum atomic E-state index is 0.425. The maximum atomic E-state index is 6.64.